The van der Waals surface area contributed by atoms with Crippen molar-refractivity contribution in [2.45, 2.75) is 19.9 Å². The second-order valence-electron chi connectivity index (χ2n) is 4.27. The number of benzene rings is 1. The molecule has 1 aromatic carbocycles. The number of anilines is 1. The molecule has 19 heavy (non-hydrogen) atoms. The van der Waals surface area contributed by atoms with Crippen molar-refractivity contribution in [1.29, 1.82) is 0 Å². The molecule has 3 aromatic rings. The van der Waals surface area contributed by atoms with Crippen LogP contribution >= 0.6 is 11.3 Å². The fraction of sp³-hybridized carbons (Fsp3) is 0.231. The molecule has 2 aromatic heterocycles. The third-order valence-electron chi connectivity index (χ3n) is 2.93. The Labute approximate surface area is 113 Å². The number of hydrogen-bond donors (Lipinski definition) is 1. The molecule has 2 N–H and O–H groups in total. The lowest BCUT2D eigenvalue weighted by Crippen LogP contribution is -2.00. The van der Waals surface area contributed by atoms with E-state index in [0.717, 1.165) is 18.5 Å². The SMILES string of the molecule is CCCn1c(-c2csc(N)n2)nc2c(F)cccc21. The first-order chi connectivity index (χ1) is 9.20. The minimum Gasteiger partial charge on any atom is -0.375 e. The third kappa shape index (κ3) is 1.98. The minimum absolute atomic E-state index is 0.309. The van der Waals surface area contributed by atoms with E-state index in [4.69, 9.17) is 5.73 Å². The van der Waals surface area contributed by atoms with Crippen molar-refractivity contribution in [1.82, 2.24) is 14.5 Å². The van der Waals surface area contributed by atoms with Gasteiger partial charge in [-0.25, -0.2) is 14.4 Å². The minimum atomic E-state index is -0.309. The molecule has 0 saturated heterocycles. The van der Waals surface area contributed by atoms with Crippen molar-refractivity contribution in [3.8, 4) is 11.5 Å². The van der Waals surface area contributed by atoms with Gasteiger partial charge >= 0.3 is 0 Å². The Morgan fingerprint density at radius 2 is 2.21 bits per heavy atom. The quantitative estimate of drug-likeness (QED) is 0.798. The smallest absolute Gasteiger partial charge is 0.180 e. The van der Waals surface area contributed by atoms with Crippen LogP contribution < -0.4 is 5.73 Å². The van der Waals surface area contributed by atoms with E-state index in [2.05, 4.69) is 16.9 Å². The number of imidazole rings is 1. The Kier molecular flexibility index (Phi) is 2.94. The van der Waals surface area contributed by atoms with E-state index < -0.39 is 0 Å². The molecule has 6 heteroatoms. The molecule has 0 aliphatic heterocycles. The number of fused-ring (bicyclic) bond motifs is 1. The molecule has 0 fully saturated rings. The third-order valence-corrected chi connectivity index (χ3v) is 3.60. The maximum absolute atomic E-state index is 13.8. The molecule has 0 aliphatic carbocycles. The Morgan fingerprint density at radius 1 is 1.37 bits per heavy atom. The fourth-order valence-electron chi connectivity index (χ4n) is 2.15. The summed E-state index contributed by atoms with van der Waals surface area (Å²) in [6.45, 7) is 2.84. The lowest BCUT2D eigenvalue weighted by molar-refractivity contribution is 0.637. The number of rotatable bonds is 3. The summed E-state index contributed by atoms with van der Waals surface area (Å²) < 4.78 is 15.8. The van der Waals surface area contributed by atoms with Gasteiger partial charge in [-0.2, -0.15) is 0 Å². The number of thiazole rings is 1. The van der Waals surface area contributed by atoms with Crippen LogP contribution in [-0.2, 0) is 6.54 Å². The zero-order chi connectivity index (χ0) is 13.4. The van der Waals surface area contributed by atoms with Crippen LogP contribution in [0.5, 0.6) is 0 Å². The number of hydrogen-bond acceptors (Lipinski definition) is 4. The van der Waals surface area contributed by atoms with Crippen LogP contribution in [0.2, 0.25) is 0 Å². The second-order valence-corrected chi connectivity index (χ2v) is 5.16. The van der Waals surface area contributed by atoms with E-state index in [-0.39, 0.29) is 5.82 Å². The number of para-hydroxylation sites is 1. The predicted molar refractivity (Wildman–Crippen MR) is 75.5 cm³/mol. The predicted octanol–water partition coefficient (Wildman–Crippen LogP) is 3.29. The number of nitrogen functional groups attached to an aromatic ring is 1. The molecular formula is C13H13FN4S. The average Bonchev–Trinajstić information content (AvgIpc) is 2.96. The van der Waals surface area contributed by atoms with Gasteiger partial charge in [0.1, 0.15) is 11.2 Å². The molecule has 0 aliphatic rings. The second kappa shape index (κ2) is 4.62. The van der Waals surface area contributed by atoms with Crippen LogP contribution in [0.25, 0.3) is 22.6 Å². The van der Waals surface area contributed by atoms with E-state index in [1.165, 1.54) is 17.4 Å². The van der Waals surface area contributed by atoms with Gasteiger partial charge in [-0.1, -0.05) is 13.0 Å². The topological polar surface area (TPSA) is 56.7 Å². The maximum Gasteiger partial charge on any atom is 0.180 e. The number of halogens is 1. The highest BCUT2D eigenvalue weighted by molar-refractivity contribution is 7.13. The summed E-state index contributed by atoms with van der Waals surface area (Å²) in [7, 11) is 0. The van der Waals surface area contributed by atoms with Gasteiger partial charge in [-0.3, -0.25) is 0 Å². The van der Waals surface area contributed by atoms with Crippen LogP contribution in [0, 0.1) is 5.82 Å². The van der Waals surface area contributed by atoms with Crippen molar-refractivity contribution in [3.05, 3.63) is 29.4 Å². The summed E-state index contributed by atoms with van der Waals surface area (Å²) in [4.78, 5) is 8.63. The summed E-state index contributed by atoms with van der Waals surface area (Å²) in [5.74, 6) is 0.367. The van der Waals surface area contributed by atoms with Crippen molar-refractivity contribution in [2.75, 3.05) is 5.73 Å². The van der Waals surface area contributed by atoms with Gasteiger partial charge in [-0.15, -0.1) is 11.3 Å². The first-order valence-corrected chi connectivity index (χ1v) is 6.94. The average molecular weight is 276 g/mol. The number of aromatic nitrogens is 3. The maximum atomic E-state index is 13.8. The van der Waals surface area contributed by atoms with Gasteiger partial charge in [0.25, 0.3) is 0 Å². The number of nitrogens with zero attached hydrogens (tertiary/aromatic N) is 3. The van der Waals surface area contributed by atoms with Crippen LogP contribution in [0.15, 0.2) is 23.6 Å². The Morgan fingerprint density at radius 3 is 2.89 bits per heavy atom. The van der Waals surface area contributed by atoms with Crippen molar-refractivity contribution in [2.24, 2.45) is 0 Å². The highest BCUT2D eigenvalue weighted by Crippen LogP contribution is 2.28. The van der Waals surface area contributed by atoms with Crippen molar-refractivity contribution >= 4 is 27.5 Å². The summed E-state index contributed by atoms with van der Waals surface area (Å²) >= 11 is 1.36. The lowest BCUT2D eigenvalue weighted by Gasteiger charge is -2.05. The monoisotopic (exact) mass is 276 g/mol. The van der Waals surface area contributed by atoms with Gasteiger partial charge in [0, 0.05) is 11.9 Å². The first kappa shape index (κ1) is 12.1. The number of nitrogens with two attached hydrogens (primary N) is 1. The first-order valence-electron chi connectivity index (χ1n) is 6.07. The normalized spacial score (nSPS) is 11.3. The Bertz CT molecular complexity index is 731. The summed E-state index contributed by atoms with van der Waals surface area (Å²) in [6, 6.07) is 5.00. The molecule has 0 unspecified atom stereocenters. The highest BCUT2D eigenvalue weighted by atomic mass is 32.1. The molecule has 2 heterocycles. The summed E-state index contributed by atoms with van der Waals surface area (Å²) in [5, 5.41) is 2.34. The highest BCUT2D eigenvalue weighted by Gasteiger charge is 2.16. The molecule has 0 bridgehead atoms. The van der Waals surface area contributed by atoms with E-state index in [1.54, 1.807) is 6.07 Å². The van der Waals surface area contributed by atoms with Gasteiger partial charge < -0.3 is 10.3 Å². The molecule has 0 saturated carbocycles. The van der Waals surface area contributed by atoms with Crippen molar-refractivity contribution < 1.29 is 4.39 Å². The zero-order valence-corrected chi connectivity index (χ0v) is 11.2. The van der Waals surface area contributed by atoms with Crippen molar-refractivity contribution in [3.63, 3.8) is 0 Å². The summed E-state index contributed by atoms with van der Waals surface area (Å²) in [6.07, 6.45) is 0.939. The van der Waals surface area contributed by atoms with E-state index in [1.807, 2.05) is 16.0 Å². The lowest BCUT2D eigenvalue weighted by atomic mass is 10.3. The van der Waals surface area contributed by atoms with Crippen LogP contribution in [0.4, 0.5) is 9.52 Å². The molecular weight excluding hydrogens is 263 g/mol. The van der Waals surface area contributed by atoms with E-state index in [9.17, 15) is 4.39 Å². The largest absolute Gasteiger partial charge is 0.375 e. The van der Waals surface area contributed by atoms with Crippen LogP contribution in [0.1, 0.15) is 13.3 Å². The van der Waals surface area contributed by atoms with Gasteiger partial charge in [0.15, 0.2) is 16.8 Å². The number of aryl methyl sites for hydroxylation is 1. The molecule has 0 atom stereocenters. The van der Waals surface area contributed by atoms with Gasteiger partial charge in [0.2, 0.25) is 0 Å². The van der Waals surface area contributed by atoms with Gasteiger partial charge in [0.05, 0.1) is 5.52 Å². The standard InChI is InChI=1S/C13H13FN4S/c1-2-6-18-10-5-3-4-8(14)11(10)17-12(18)9-7-19-13(15)16-9/h3-5,7H,2,6H2,1H3,(H2,15,16). The summed E-state index contributed by atoms with van der Waals surface area (Å²) in [5.41, 5.74) is 7.54. The van der Waals surface area contributed by atoms with Crippen LogP contribution in [-0.4, -0.2) is 14.5 Å². The Hall–Kier alpha value is -1.95. The van der Waals surface area contributed by atoms with Crippen LogP contribution in [0.3, 0.4) is 0 Å². The van der Waals surface area contributed by atoms with E-state index >= 15 is 0 Å². The molecule has 4 nitrogen and oxygen atoms in total. The molecule has 0 amide bonds. The van der Waals surface area contributed by atoms with E-state index in [0.29, 0.717) is 22.2 Å². The Balaban J connectivity index is 2.28. The molecule has 98 valence electrons. The fourth-order valence-corrected chi connectivity index (χ4v) is 2.69. The zero-order valence-electron chi connectivity index (χ0n) is 10.4. The molecule has 0 radical (unpaired) electrons. The molecule has 0 spiro atoms. The molecule has 3 rings (SSSR count). The van der Waals surface area contributed by atoms with Gasteiger partial charge in [-0.05, 0) is 18.6 Å².